The van der Waals surface area contributed by atoms with E-state index in [9.17, 15) is 4.79 Å². The van der Waals surface area contributed by atoms with Crippen molar-refractivity contribution in [2.24, 2.45) is 11.7 Å². The number of benzene rings is 1. The molecule has 4 heteroatoms. The van der Waals surface area contributed by atoms with E-state index in [0.29, 0.717) is 24.1 Å². The molecular formula is C19H28N2O2. The molecule has 1 saturated heterocycles. The number of amides is 1. The highest BCUT2D eigenvalue weighted by molar-refractivity contribution is 5.94. The van der Waals surface area contributed by atoms with E-state index in [-0.39, 0.29) is 11.9 Å². The van der Waals surface area contributed by atoms with Crippen LogP contribution in [-0.4, -0.2) is 36.0 Å². The molecule has 1 aliphatic heterocycles. The van der Waals surface area contributed by atoms with E-state index >= 15 is 0 Å². The average Bonchev–Trinajstić information content (AvgIpc) is 3.07. The van der Waals surface area contributed by atoms with Gasteiger partial charge in [0, 0.05) is 24.7 Å². The first-order chi connectivity index (χ1) is 11.2. The van der Waals surface area contributed by atoms with Crippen LogP contribution in [0.5, 0.6) is 5.75 Å². The minimum absolute atomic E-state index is 0.0872. The van der Waals surface area contributed by atoms with Crippen LogP contribution >= 0.6 is 0 Å². The maximum Gasteiger partial charge on any atom is 0.254 e. The van der Waals surface area contributed by atoms with Crippen LogP contribution in [0.25, 0.3) is 0 Å². The third-order valence-electron chi connectivity index (χ3n) is 5.20. The molecule has 0 bridgehead atoms. The molecule has 1 aromatic carbocycles. The Morgan fingerprint density at radius 3 is 2.83 bits per heavy atom. The van der Waals surface area contributed by atoms with Crippen LogP contribution in [0.1, 0.15) is 55.8 Å². The fraction of sp³-hybridized carbons (Fsp3) is 0.632. The molecule has 23 heavy (non-hydrogen) atoms. The van der Waals surface area contributed by atoms with Crippen molar-refractivity contribution < 1.29 is 9.53 Å². The molecule has 0 aromatic heterocycles. The number of piperidine rings is 1. The van der Waals surface area contributed by atoms with Crippen molar-refractivity contribution in [2.45, 2.75) is 57.6 Å². The predicted molar refractivity (Wildman–Crippen MR) is 91.6 cm³/mol. The minimum Gasteiger partial charge on any atom is -0.490 e. The van der Waals surface area contributed by atoms with Gasteiger partial charge in [0.1, 0.15) is 5.75 Å². The van der Waals surface area contributed by atoms with Crippen LogP contribution in [0.15, 0.2) is 24.3 Å². The number of nitrogens with zero attached hydrogens (tertiary/aromatic N) is 1. The van der Waals surface area contributed by atoms with Gasteiger partial charge < -0.3 is 15.4 Å². The Morgan fingerprint density at radius 1 is 1.30 bits per heavy atom. The molecule has 0 spiro atoms. The molecule has 2 fully saturated rings. The Balaban J connectivity index is 1.71. The van der Waals surface area contributed by atoms with E-state index in [4.69, 9.17) is 10.5 Å². The Bertz CT molecular complexity index is 540. The number of ether oxygens (including phenoxy) is 1. The lowest BCUT2D eigenvalue weighted by molar-refractivity contribution is 0.0573. The molecule has 1 amide bonds. The molecule has 1 saturated carbocycles. The van der Waals surface area contributed by atoms with Gasteiger partial charge in [-0.05, 0) is 62.6 Å². The smallest absolute Gasteiger partial charge is 0.254 e. The molecule has 126 valence electrons. The van der Waals surface area contributed by atoms with Gasteiger partial charge in [-0.1, -0.05) is 13.0 Å². The van der Waals surface area contributed by atoms with Crippen molar-refractivity contribution in [3.8, 4) is 5.75 Å². The number of likely N-dealkylation sites (tertiary alicyclic amines) is 1. The van der Waals surface area contributed by atoms with Gasteiger partial charge >= 0.3 is 0 Å². The number of hydrogen-bond acceptors (Lipinski definition) is 3. The summed E-state index contributed by atoms with van der Waals surface area (Å²) in [6.07, 6.45) is 7.10. The fourth-order valence-electron chi connectivity index (χ4n) is 3.81. The van der Waals surface area contributed by atoms with Crippen LogP contribution in [0.3, 0.4) is 0 Å². The van der Waals surface area contributed by atoms with Crippen LogP contribution in [0.4, 0.5) is 0 Å². The van der Waals surface area contributed by atoms with Crippen molar-refractivity contribution >= 4 is 5.91 Å². The highest BCUT2D eigenvalue weighted by Gasteiger charge is 2.29. The van der Waals surface area contributed by atoms with Crippen LogP contribution in [0, 0.1) is 5.92 Å². The van der Waals surface area contributed by atoms with Gasteiger partial charge in [-0.2, -0.15) is 0 Å². The van der Waals surface area contributed by atoms with E-state index in [2.05, 4.69) is 6.92 Å². The van der Waals surface area contributed by atoms with E-state index in [0.717, 1.165) is 38.0 Å². The number of carbonyl (C=O) groups is 1. The normalized spacial score (nSPS) is 25.6. The van der Waals surface area contributed by atoms with E-state index < -0.39 is 0 Å². The predicted octanol–water partition coefficient (Wildman–Crippen LogP) is 3.21. The van der Waals surface area contributed by atoms with Gasteiger partial charge in [-0.3, -0.25) is 4.79 Å². The third kappa shape index (κ3) is 3.86. The van der Waals surface area contributed by atoms with Crippen LogP contribution in [-0.2, 0) is 0 Å². The van der Waals surface area contributed by atoms with E-state index in [1.165, 1.54) is 12.8 Å². The van der Waals surface area contributed by atoms with Gasteiger partial charge in [-0.25, -0.2) is 0 Å². The summed E-state index contributed by atoms with van der Waals surface area (Å²) in [6.45, 7) is 3.57. The lowest BCUT2D eigenvalue weighted by Gasteiger charge is -2.38. The first kappa shape index (κ1) is 16.3. The van der Waals surface area contributed by atoms with Crippen molar-refractivity contribution in [3.05, 3.63) is 29.8 Å². The first-order valence-corrected chi connectivity index (χ1v) is 8.95. The number of rotatable bonds is 4. The summed E-state index contributed by atoms with van der Waals surface area (Å²) in [4.78, 5) is 14.8. The summed E-state index contributed by atoms with van der Waals surface area (Å²) in [5.74, 6) is 1.55. The molecule has 1 aliphatic carbocycles. The van der Waals surface area contributed by atoms with Gasteiger partial charge in [0.25, 0.3) is 5.91 Å². The van der Waals surface area contributed by atoms with Crippen LogP contribution < -0.4 is 10.5 Å². The summed E-state index contributed by atoms with van der Waals surface area (Å²) >= 11 is 0. The Labute approximate surface area is 139 Å². The highest BCUT2D eigenvalue weighted by Crippen LogP contribution is 2.27. The molecular weight excluding hydrogens is 288 g/mol. The van der Waals surface area contributed by atoms with E-state index in [1.54, 1.807) is 0 Å². The maximum atomic E-state index is 12.9. The van der Waals surface area contributed by atoms with Crippen LogP contribution in [0.2, 0.25) is 0 Å². The Morgan fingerprint density at radius 2 is 2.09 bits per heavy atom. The van der Waals surface area contributed by atoms with Gasteiger partial charge in [-0.15, -0.1) is 0 Å². The minimum atomic E-state index is 0.0872. The standard InChI is InChI=1S/C19H28N2O2/c1-14-9-10-21(16(11-14)13-20)19(22)15-5-4-8-18(12-15)23-17-6-2-3-7-17/h4-5,8,12,14,16-17H,2-3,6-7,9-11,13,20H2,1H3. The number of hydrogen-bond donors (Lipinski definition) is 1. The second kappa shape index (κ2) is 7.35. The number of nitrogens with two attached hydrogens (primary N) is 1. The molecule has 2 N–H and O–H groups in total. The van der Waals surface area contributed by atoms with Crippen molar-refractivity contribution in [1.82, 2.24) is 4.90 Å². The maximum absolute atomic E-state index is 12.9. The summed E-state index contributed by atoms with van der Waals surface area (Å²) < 4.78 is 6.03. The highest BCUT2D eigenvalue weighted by atomic mass is 16.5. The van der Waals surface area contributed by atoms with Gasteiger partial charge in [0.05, 0.1) is 6.10 Å². The third-order valence-corrected chi connectivity index (χ3v) is 5.20. The quantitative estimate of drug-likeness (QED) is 0.928. The Hall–Kier alpha value is -1.55. The summed E-state index contributed by atoms with van der Waals surface area (Å²) in [5, 5.41) is 0. The van der Waals surface area contributed by atoms with Gasteiger partial charge in [0.2, 0.25) is 0 Å². The lowest BCUT2D eigenvalue weighted by atomic mass is 9.92. The van der Waals surface area contributed by atoms with Crippen molar-refractivity contribution in [3.63, 3.8) is 0 Å². The summed E-state index contributed by atoms with van der Waals surface area (Å²) in [7, 11) is 0. The Kier molecular flexibility index (Phi) is 5.21. The van der Waals surface area contributed by atoms with E-state index in [1.807, 2.05) is 29.2 Å². The molecule has 2 atom stereocenters. The topological polar surface area (TPSA) is 55.6 Å². The number of carbonyl (C=O) groups excluding carboxylic acids is 1. The van der Waals surface area contributed by atoms with Gasteiger partial charge in [0.15, 0.2) is 0 Å². The zero-order chi connectivity index (χ0) is 16.2. The SMILES string of the molecule is CC1CCN(C(=O)c2cccc(OC3CCCC3)c2)C(CN)C1. The zero-order valence-electron chi connectivity index (χ0n) is 14.0. The largest absolute Gasteiger partial charge is 0.490 e. The summed E-state index contributed by atoms with van der Waals surface area (Å²) in [6, 6.07) is 7.81. The summed E-state index contributed by atoms with van der Waals surface area (Å²) in [5.41, 5.74) is 6.61. The molecule has 1 aromatic rings. The molecule has 3 rings (SSSR count). The second-order valence-corrected chi connectivity index (χ2v) is 7.07. The average molecular weight is 316 g/mol. The molecule has 0 radical (unpaired) electrons. The lowest BCUT2D eigenvalue weighted by Crippen LogP contribution is -2.49. The second-order valence-electron chi connectivity index (χ2n) is 7.07. The molecule has 4 nitrogen and oxygen atoms in total. The van der Waals surface area contributed by atoms with Crippen molar-refractivity contribution in [2.75, 3.05) is 13.1 Å². The fourth-order valence-corrected chi connectivity index (χ4v) is 3.81. The zero-order valence-corrected chi connectivity index (χ0v) is 14.0. The molecule has 1 heterocycles. The monoisotopic (exact) mass is 316 g/mol. The molecule has 2 unspecified atom stereocenters. The first-order valence-electron chi connectivity index (χ1n) is 8.95. The van der Waals surface area contributed by atoms with Crippen molar-refractivity contribution in [1.29, 1.82) is 0 Å². The molecule has 2 aliphatic rings.